The van der Waals surface area contributed by atoms with Crippen LogP contribution in [0.4, 0.5) is 4.39 Å². The highest BCUT2D eigenvalue weighted by Gasteiger charge is 2.21. The second-order valence-electron chi connectivity index (χ2n) is 3.86. The van der Waals surface area contributed by atoms with Crippen molar-refractivity contribution in [3.63, 3.8) is 0 Å². The molecule has 3 nitrogen and oxygen atoms in total. The number of carbonyl (C=O) groups excluding carboxylic acids is 1. The summed E-state index contributed by atoms with van der Waals surface area (Å²) in [5, 5.41) is 3.19. The van der Waals surface area contributed by atoms with Crippen molar-refractivity contribution < 1.29 is 9.18 Å². The fourth-order valence-electron chi connectivity index (χ4n) is 1.92. The van der Waals surface area contributed by atoms with Gasteiger partial charge < -0.3 is 10.2 Å². The summed E-state index contributed by atoms with van der Waals surface area (Å²) in [5.41, 5.74) is 0.472. The van der Waals surface area contributed by atoms with Gasteiger partial charge in [0.25, 0.3) is 5.91 Å². The van der Waals surface area contributed by atoms with Gasteiger partial charge in [-0.25, -0.2) is 4.39 Å². The van der Waals surface area contributed by atoms with Crippen LogP contribution < -0.4 is 5.32 Å². The monoisotopic (exact) mass is 254 g/mol. The van der Waals surface area contributed by atoms with Crippen LogP contribution in [0.3, 0.4) is 0 Å². The summed E-state index contributed by atoms with van der Waals surface area (Å²) >= 11 is 1.28. The Labute approximate surface area is 104 Å². The van der Waals surface area contributed by atoms with Gasteiger partial charge in [-0.3, -0.25) is 4.79 Å². The first-order valence-corrected chi connectivity index (χ1v) is 6.79. The molecule has 1 aromatic rings. The quantitative estimate of drug-likeness (QED) is 0.814. The Morgan fingerprint density at radius 3 is 2.76 bits per heavy atom. The average molecular weight is 254 g/mol. The third kappa shape index (κ3) is 2.61. The van der Waals surface area contributed by atoms with Crippen molar-refractivity contribution in [3.05, 3.63) is 29.6 Å². The molecule has 1 aliphatic rings. The lowest BCUT2D eigenvalue weighted by Crippen LogP contribution is -2.46. The van der Waals surface area contributed by atoms with Crippen molar-refractivity contribution in [1.29, 1.82) is 0 Å². The zero-order valence-corrected chi connectivity index (χ0v) is 10.5. The smallest absolute Gasteiger partial charge is 0.255 e. The number of thioether (sulfide) groups is 1. The number of nitrogens with zero attached hydrogens (tertiary/aromatic N) is 1. The summed E-state index contributed by atoms with van der Waals surface area (Å²) in [6.07, 6.45) is 1.78. The largest absolute Gasteiger partial charge is 0.336 e. The minimum atomic E-state index is -0.321. The molecule has 2 rings (SSSR count). The van der Waals surface area contributed by atoms with Crippen molar-refractivity contribution in [2.75, 3.05) is 32.4 Å². The van der Waals surface area contributed by atoms with E-state index in [0.29, 0.717) is 23.5 Å². The summed E-state index contributed by atoms with van der Waals surface area (Å²) in [6, 6.07) is 4.67. The fourth-order valence-corrected chi connectivity index (χ4v) is 2.56. The normalized spacial score (nSPS) is 16.0. The van der Waals surface area contributed by atoms with Crippen LogP contribution in [0.15, 0.2) is 23.1 Å². The second-order valence-corrected chi connectivity index (χ2v) is 4.68. The van der Waals surface area contributed by atoms with Gasteiger partial charge in [0.05, 0.1) is 10.5 Å². The summed E-state index contributed by atoms with van der Waals surface area (Å²) < 4.78 is 13.6. The molecular weight excluding hydrogens is 239 g/mol. The Kier molecular flexibility index (Phi) is 4.02. The molecule has 0 saturated carbocycles. The van der Waals surface area contributed by atoms with Crippen LogP contribution in [-0.4, -0.2) is 43.2 Å². The van der Waals surface area contributed by atoms with E-state index >= 15 is 0 Å². The molecule has 1 aliphatic heterocycles. The highest BCUT2D eigenvalue weighted by Crippen LogP contribution is 2.25. The van der Waals surface area contributed by atoms with Crippen LogP contribution in [0.1, 0.15) is 10.4 Å². The van der Waals surface area contributed by atoms with E-state index in [1.54, 1.807) is 23.3 Å². The van der Waals surface area contributed by atoms with Gasteiger partial charge in [0, 0.05) is 26.2 Å². The Morgan fingerprint density at radius 2 is 2.12 bits per heavy atom. The summed E-state index contributed by atoms with van der Waals surface area (Å²) in [4.78, 5) is 14.5. The number of carbonyl (C=O) groups is 1. The lowest BCUT2D eigenvalue weighted by molar-refractivity contribution is 0.0731. The van der Waals surface area contributed by atoms with Crippen molar-refractivity contribution in [1.82, 2.24) is 10.2 Å². The number of rotatable bonds is 2. The molecule has 1 heterocycles. The van der Waals surface area contributed by atoms with Crippen LogP contribution in [0.2, 0.25) is 0 Å². The number of nitrogens with one attached hydrogen (secondary N) is 1. The lowest BCUT2D eigenvalue weighted by Gasteiger charge is -2.28. The van der Waals surface area contributed by atoms with Crippen molar-refractivity contribution in [2.45, 2.75) is 4.90 Å². The summed E-state index contributed by atoms with van der Waals surface area (Å²) in [5.74, 6) is -0.395. The van der Waals surface area contributed by atoms with E-state index in [4.69, 9.17) is 0 Å². The van der Waals surface area contributed by atoms with E-state index < -0.39 is 0 Å². The maximum absolute atomic E-state index is 13.6. The average Bonchev–Trinajstić information content (AvgIpc) is 2.38. The SMILES string of the molecule is CSc1c(F)cccc1C(=O)N1CCNCC1. The standard InChI is InChI=1S/C12H15FN2OS/c1-17-11-9(3-2-4-10(11)13)12(16)15-7-5-14-6-8-15/h2-4,14H,5-8H2,1H3. The molecule has 1 N–H and O–H groups in total. The first-order valence-electron chi connectivity index (χ1n) is 5.56. The van der Waals surface area contributed by atoms with Crippen molar-refractivity contribution in [2.24, 2.45) is 0 Å². The Balaban J connectivity index is 2.26. The maximum Gasteiger partial charge on any atom is 0.255 e. The van der Waals surface area contributed by atoms with Gasteiger partial charge >= 0.3 is 0 Å². The number of hydrogen-bond acceptors (Lipinski definition) is 3. The first kappa shape index (κ1) is 12.4. The van der Waals surface area contributed by atoms with Gasteiger partial charge in [0.1, 0.15) is 5.82 Å². The van der Waals surface area contributed by atoms with E-state index in [0.717, 1.165) is 13.1 Å². The van der Waals surface area contributed by atoms with Crippen LogP contribution in [0, 0.1) is 5.82 Å². The molecule has 0 unspecified atom stereocenters. The molecule has 0 atom stereocenters. The molecule has 1 fully saturated rings. The van der Waals surface area contributed by atoms with Crippen LogP contribution in [-0.2, 0) is 0 Å². The number of piperazine rings is 1. The van der Waals surface area contributed by atoms with Gasteiger partial charge in [-0.15, -0.1) is 11.8 Å². The van der Waals surface area contributed by atoms with Gasteiger partial charge in [0.15, 0.2) is 0 Å². The van der Waals surface area contributed by atoms with E-state index in [1.807, 2.05) is 0 Å². The molecule has 1 amide bonds. The highest BCUT2D eigenvalue weighted by molar-refractivity contribution is 7.98. The van der Waals surface area contributed by atoms with E-state index in [9.17, 15) is 9.18 Å². The second kappa shape index (κ2) is 5.51. The van der Waals surface area contributed by atoms with E-state index in [1.165, 1.54) is 17.8 Å². The molecule has 1 aromatic carbocycles. The number of benzene rings is 1. The van der Waals surface area contributed by atoms with Gasteiger partial charge in [-0.2, -0.15) is 0 Å². The zero-order chi connectivity index (χ0) is 12.3. The predicted octanol–water partition coefficient (Wildman–Crippen LogP) is 1.59. The first-order chi connectivity index (χ1) is 8.24. The molecule has 17 heavy (non-hydrogen) atoms. The topological polar surface area (TPSA) is 32.3 Å². The molecule has 0 aliphatic carbocycles. The third-order valence-corrected chi connectivity index (χ3v) is 3.63. The zero-order valence-electron chi connectivity index (χ0n) is 9.70. The number of halogens is 1. The van der Waals surface area contributed by atoms with Gasteiger partial charge in [-0.1, -0.05) is 6.07 Å². The van der Waals surface area contributed by atoms with Crippen LogP contribution in [0.25, 0.3) is 0 Å². The molecule has 0 aromatic heterocycles. The maximum atomic E-state index is 13.6. The molecule has 0 spiro atoms. The minimum absolute atomic E-state index is 0.0737. The number of hydrogen-bond donors (Lipinski definition) is 1. The third-order valence-electron chi connectivity index (χ3n) is 2.81. The Hall–Kier alpha value is -1.07. The van der Waals surface area contributed by atoms with Gasteiger partial charge in [0.2, 0.25) is 0 Å². The molecular formula is C12H15FN2OS. The van der Waals surface area contributed by atoms with E-state index in [-0.39, 0.29) is 11.7 Å². The highest BCUT2D eigenvalue weighted by atomic mass is 32.2. The van der Waals surface area contributed by atoms with Crippen LogP contribution in [0.5, 0.6) is 0 Å². The van der Waals surface area contributed by atoms with Gasteiger partial charge in [-0.05, 0) is 18.4 Å². The predicted molar refractivity (Wildman–Crippen MR) is 67.0 cm³/mol. The van der Waals surface area contributed by atoms with E-state index in [2.05, 4.69) is 5.32 Å². The van der Waals surface area contributed by atoms with Crippen molar-refractivity contribution in [3.8, 4) is 0 Å². The minimum Gasteiger partial charge on any atom is -0.336 e. The Bertz CT molecular complexity index is 419. The molecule has 0 radical (unpaired) electrons. The van der Waals surface area contributed by atoms with Crippen LogP contribution >= 0.6 is 11.8 Å². The molecule has 92 valence electrons. The lowest BCUT2D eigenvalue weighted by atomic mass is 10.2. The summed E-state index contributed by atoms with van der Waals surface area (Å²) in [7, 11) is 0. The molecule has 1 saturated heterocycles. The fraction of sp³-hybridized carbons (Fsp3) is 0.417. The number of amides is 1. The molecule has 5 heteroatoms. The summed E-state index contributed by atoms with van der Waals surface area (Å²) in [6.45, 7) is 2.97. The molecule has 0 bridgehead atoms. The van der Waals surface area contributed by atoms with Crippen molar-refractivity contribution >= 4 is 17.7 Å². The Morgan fingerprint density at radius 1 is 1.41 bits per heavy atom.